The molecule has 0 radical (unpaired) electrons. The van der Waals surface area contributed by atoms with Crippen LogP contribution in [0.5, 0.6) is 0 Å². The molecule has 0 heterocycles. The standard InChI is InChI=1S/C40H72NO7P/c1-6-8-10-12-14-16-18-20-22-24-26-28-30-32-35-45-37-39(38-47-49(43,44)46-36-34-41(3,4)5)48-40(42)33-31-29-27-25-23-21-19-17-15-13-11-9-7-2/h9-12,15-18,21,23,39H,6-8,13-14,19-20,22,24-38H2,1-5H3/b11-9-,12-10-,17-15-,18-16-,23-21-. The highest BCUT2D eigenvalue weighted by molar-refractivity contribution is 7.45. The molecule has 0 fully saturated rings. The Morgan fingerprint density at radius 1 is 0.653 bits per heavy atom. The van der Waals surface area contributed by atoms with Crippen LogP contribution < -0.4 is 4.89 Å². The molecule has 0 aliphatic heterocycles. The molecule has 0 aliphatic rings. The number of likely N-dealkylation sites (N-methyl/N-ethyl adjacent to an activating group) is 1. The summed E-state index contributed by atoms with van der Waals surface area (Å²) >= 11 is 0. The lowest BCUT2D eigenvalue weighted by atomic mass is 10.1. The van der Waals surface area contributed by atoms with E-state index in [1.807, 2.05) is 21.1 Å². The molecule has 2 atom stereocenters. The molecule has 0 saturated heterocycles. The zero-order valence-electron chi connectivity index (χ0n) is 31.9. The number of allylic oxidation sites excluding steroid dienone is 10. The van der Waals surface area contributed by atoms with Crippen LogP contribution in [-0.4, -0.2) is 70.7 Å². The highest BCUT2D eigenvalue weighted by Gasteiger charge is 2.20. The van der Waals surface area contributed by atoms with Gasteiger partial charge in [0.1, 0.15) is 19.3 Å². The number of carbonyl (C=O) groups is 1. The lowest BCUT2D eigenvalue weighted by Crippen LogP contribution is -2.37. The van der Waals surface area contributed by atoms with Crippen LogP contribution >= 0.6 is 7.82 Å². The molecule has 8 nitrogen and oxygen atoms in total. The lowest BCUT2D eigenvalue weighted by Gasteiger charge is -2.28. The quantitative estimate of drug-likeness (QED) is 0.0216. The predicted octanol–water partition coefficient (Wildman–Crippen LogP) is 9.97. The molecule has 0 amide bonds. The molecule has 0 aliphatic carbocycles. The highest BCUT2D eigenvalue weighted by atomic mass is 31.2. The maximum absolute atomic E-state index is 12.6. The topological polar surface area (TPSA) is 94.1 Å². The average Bonchev–Trinajstić information content (AvgIpc) is 3.04. The van der Waals surface area contributed by atoms with E-state index in [1.165, 1.54) is 25.7 Å². The molecular formula is C40H72NO7P. The van der Waals surface area contributed by atoms with Crippen molar-refractivity contribution in [2.24, 2.45) is 0 Å². The molecular weight excluding hydrogens is 637 g/mol. The number of phosphoric ester groups is 1. The third kappa shape index (κ3) is 37.3. The Morgan fingerprint density at radius 2 is 1.18 bits per heavy atom. The smallest absolute Gasteiger partial charge is 0.306 e. The Hall–Kier alpha value is -1.80. The van der Waals surface area contributed by atoms with E-state index < -0.39 is 13.9 Å². The zero-order chi connectivity index (χ0) is 36.3. The van der Waals surface area contributed by atoms with E-state index in [0.29, 0.717) is 24.1 Å². The largest absolute Gasteiger partial charge is 0.756 e. The predicted molar refractivity (Wildman–Crippen MR) is 203 cm³/mol. The van der Waals surface area contributed by atoms with Crippen molar-refractivity contribution in [3.63, 3.8) is 0 Å². The van der Waals surface area contributed by atoms with Gasteiger partial charge in [-0.05, 0) is 70.6 Å². The van der Waals surface area contributed by atoms with Crippen LogP contribution in [0.25, 0.3) is 0 Å². The minimum Gasteiger partial charge on any atom is -0.756 e. The Bertz CT molecular complexity index is 968. The van der Waals surface area contributed by atoms with Gasteiger partial charge >= 0.3 is 5.97 Å². The van der Waals surface area contributed by atoms with Gasteiger partial charge in [0.15, 0.2) is 0 Å². The Kier molecular flexibility index (Phi) is 32.1. The van der Waals surface area contributed by atoms with Crippen LogP contribution in [-0.2, 0) is 27.9 Å². The van der Waals surface area contributed by atoms with E-state index >= 15 is 0 Å². The summed E-state index contributed by atoms with van der Waals surface area (Å²) in [5.74, 6) is -0.371. The average molecular weight is 710 g/mol. The van der Waals surface area contributed by atoms with Gasteiger partial charge in [0, 0.05) is 13.0 Å². The molecule has 0 aromatic heterocycles. The number of hydrogen-bond donors (Lipinski definition) is 0. The zero-order valence-corrected chi connectivity index (χ0v) is 32.8. The van der Waals surface area contributed by atoms with Crippen molar-refractivity contribution in [1.82, 2.24) is 0 Å². The molecule has 2 unspecified atom stereocenters. The second-order valence-electron chi connectivity index (χ2n) is 13.5. The number of esters is 1. The van der Waals surface area contributed by atoms with Crippen molar-refractivity contribution in [2.75, 3.05) is 54.1 Å². The van der Waals surface area contributed by atoms with Gasteiger partial charge in [-0.3, -0.25) is 9.36 Å². The number of ether oxygens (including phenoxy) is 2. The fourth-order valence-electron chi connectivity index (χ4n) is 4.60. The van der Waals surface area contributed by atoms with E-state index in [4.69, 9.17) is 18.5 Å². The van der Waals surface area contributed by atoms with Crippen LogP contribution in [0, 0.1) is 0 Å². The van der Waals surface area contributed by atoms with Crippen molar-refractivity contribution in [3.8, 4) is 0 Å². The summed E-state index contributed by atoms with van der Waals surface area (Å²) < 4.78 is 34.4. The van der Waals surface area contributed by atoms with Gasteiger partial charge in [0.05, 0.1) is 34.4 Å². The fraction of sp³-hybridized carbons (Fsp3) is 0.725. The van der Waals surface area contributed by atoms with Gasteiger partial charge in [-0.15, -0.1) is 0 Å². The monoisotopic (exact) mass is 710 g/mol. The number of nitrogens with zero attached hydrogens (tertiary/aromatic N) is 1. The Balaban J connectivity index is 4.39. The first-order valence-corrected chi connectivity index (χ1v) is 20.5. The molecule has 0 aromatic rings. The molecule has 284 valence electrons. The lowest BCUT2D eigenvalue weighted by molar-refractivity contribution is -0.870. The Labute approximate surface area is 300 Å². The van der Waals surface area contributed by atoms with Gasteiger partial charge in [-0.2, -0.15) is 0 Å². The highest BCUT2D eigenvalue weighted by Crippen LogP contribution is 2.38. The van der Waals surface area contributed by atoms with Crippen molar-refractivity contribution in [3.05, 3.63) is 60.8 Å². The van der Waals surface area contributed by atoms with Crippen LogP contribution in [0.4, 0.5) is 0 Å². The molecule has 0 spiro atoms. The van der Waals surface area contributed by atoms with Crippen LogP contribution in [0.15, 0.2) is 60.8 Å². The third-order valence-corrected chi connectivity index (χ3v) is 8.50. The van der Waals surface area contributed by atoms with Crippen molar-refractivity contribution in [2.45, 2.75) is 136 Å². The minimum atomic E-state index is -4.53. The van der Waals surface area contributed by atoms with E-state index in [9.17, 15) is 14.3 Å². The summed E-state index contributed by atoms with van der Waals surface area (Å²) in [6.07, 6.45) is 39.4. The van der Waals surface area contributed by atoms with Crippen LogP contribution in [0.3, 0.4) is 0 Å². The number of phosphoric acid groups is 1. The van der Waals surface area contributed by atoms with Crippen LogP contribution in [0.2, 0.25) is 0 Å². The first kappa shape index (κ1) is 47.2. The normalized spacial score (nSPS) is 14.7. The van der Waals surface area contributed by atoms with Crippen molar-refractivity contribution >= 4 is 13.8 Å². The first-order chi connectivity index (χ1) is 23.6. The summed E-state index contributed by atoms with van der Waals surface area (Å²) in [6, 6.07) is 0. The molecule has 0 bridgehead atoms. The number of quaternary nitrogens is 1. The molecule has 9 heteroatoms. The minimum absolute atomic E-state index is 0.0151. The summed E-state index contributed by atoms with van der Waals surface area (Å²) in [5, 5.41) is 0. The molecule has 0 saturated carbocycles. The first-order valence-electron chi connectivity index (χ1n) is 19.0. The second-order valence-corrected chi connectivity index (χ2v) is 15.0. The van der Waals surface area contributed by atoms with Gasteiger partial charge < -0.3 is 27.9 Å². The van der Waals surface area contributed by atoms with E-state index in [-0.39, 0.29) is 32.2 Å². The SMILES string of the molecule is CC/C=C\C/C=C\C/C=C\CCCCCC(=O)OC(COCCCCCCCC/C=C\C/C=C\CCC)COP(=O)([O-])OCC[N+](C)(C)C. The maximum atomic E-state index is 12.6. The summed E-state index contributed by atoms with van der Waals surface area (Å²) in [6.45, 7) is 5.13. The summed E-state index contributed by atoms with van der Waals surface area (Å²) in [5.41, 5.74) is 0. The molecule has 49 heavy (non-hydrogen) atoms. The second kappa shape index (κ2) is 33.3. The summed E-state index contributed by atoms with van der Waals surface area (Å²) in [7, 11) is 1.32. The number of carbonyl (C=O) groups excluding carboxylic acids is 1. The van der Waals surface area contributed by atoms with Gasteiger partial charge in [0.25, 0.3) is 7.82 Å². The third-order valence-electron chi connectivity index (χ3n) is 7.53. The molecule has 0 aromatic carbocycles. The number of unbranched alkanes of at least 4 members (excludes halogenated alkanes) is 10. The number of rotatable bonds is 34. The molecule has 0 rings (SSSR count). The van der Waals surface area contributed by atoms with E-state index in [1.54, 1.807) is 0 Å². The molecule has 0 N–H and O–H groups in total. The van der Waals surface area contributed by atoms with Crippen LogP contribution in [0.1, 0.15) is 129 Å². The van der Waals surface area contributed by atoms with Gasteiger partial charge in [0.2, 0.25) is 0 Å². The Morgan fingerprint density at radius 3 is 1.78 bits per heavy atom. The number of hydrogen-bond acceptors (Lipinski definition) is 7. The summed E-state index contributed by atoms with van der Waals surface area (Å²) in [4.78, 5) is 24.9. The fourth-order valence-corrected chi connectivity index (χ4v) is 5.32. The van der Waals surface area contributed by atoms with E-state index in [0.717, 1.165) is 77.0 Å². The van der Waals surface area contributed by atoms with Crippen molar-refractivity contribution < 1.29 is 37.3 Å². The van der Waals surface area contributed by atoms with Gasteiger partial charge in [-0.1, -0.05) is 113 Å². The van der Waals surface area contributed by atoms with Crippen molar-refractivity contribution in [1.29, 1.82) is 0 Å². The maximum Gasteiger partial charge on any atom is 0.306 e. The van der Waals surface area contributed by atoms with E-state index in [2.05, 4.69) is 74.6 Å². The van der Waals surface area contributed by atoms with Gasteiger partial charge in [-0.25, -0.2) is 0 Å².